The van der Waals surface area contributed by atoms with E-state index in [-0.39, 0.29) is 5.92 Å². The summed E-state index contributed by atoms with van der Waals surface area (Å²) in [5.41, 5.74) is 6.62. The summed E-state index contributed by atoms with van der Waals surface area (Å²) in [5.74, 6) is -0.869. The van der Waals surface area contributed by atoms with Crippen LogP contribution in [0.1, 0.15) is 51.0 Å². The molecule has 1 radical (unpaired) electrons. The van der Waals surface area contributed by atoms with Gasteiger partial charge >= 0.3 is 0 Å². The Labute approximate surface area is 161 Å². The van der Waals surface area contributed by atoms with Crippen molar-refractivity contribution in [1.82, 2.24) is 0 Å². The van der Waals surface area contributed by atoms with Crippen LogP contribution in [0.25, 0.3) is 0 Å². The Morgan fingerprint density at radius 1 is 1.27 bits per heavy atom. The topological polar surface area (TPSA) is 60.2 Å². The molecule has 0 saturated heterocycles. The van der Waals surface area contributed by atoms with Gasteiger partial charge in [0.25, 0.3) is 0 Å². The third-order valence-electron chi connectivity index (χ3n) is 4.84. The highest BCUT2D eigenvalue weighted by Gasteiger charge is 2.29. The molecule has 2 N–H and O–H groups in total. The van der Waals surface area contributed by atoms with E-state index in [9.17, 15) is 9.59 Å². The van der Waals surface area contributed by atoms with Crippen LogP contribution in [-0.2, 0) is 16.0 Å². The summed E-state index contributed by atoms with van der Waals surface area (Å²) < 4.78 is 0. The lowest BCUT2D eigenvalue weighted by Gasteiger charge is -2.31. The molecule has 0 spiro atoms. The van der Waals surface area contributed by atoms with Gasteiger partial charge in [-0.3, -0.25) is 4.79 Å². The number of hydrogen-bond acceptors (Lipinski definition) is 3. The van der Waals surface area contributed by atoms with Crippen molar-refractivity contribution in [3.05, 3.63) is 53.3 Å². The maximum atomic E-state index is 11.5. The molecule has 3 nitrogen and oxygen atoms in total. The lowest BCUT2D eigenvalue weighted by molar-refractivity contribution is -0.118. The summed E-state index contributed by atoms with van der Waals surface area (Å²) in [5, 5.41) is 0.428. The molecule has 0 aliphatic carbocycles. The van der Waals surface area contributed by atoms with Gasteiger partial charge < -0.3 is 10.5 Å². The second-order valence-electron chi connectivity index (χ2n) is 7.06. The lowest BCUT2D eigenvalue weighted by Crippen LogP contribution is -2.28. The van der Waals surface area contributed by atoms with Gasteiger partial charge in [0.1, 0.15) is 6.29 Å². The van der Waals surface area contributed by atoms with Crippen molar-refractivity contribution in [2.24, 2.45) is 17.6 Å². The summed E-state index contributed by atoms with van der Waals surface area (Å²) in [6.45, 7) is 2.22. The van der Waals surface area contributed by atoms with Gasteiger partial charge in [0.15, 0.2) is 0 Å². The van der Waals surface area contributed by atoms with E-state index in [1.807, 2.05) is 17.8 Å². The van der Waals surface area contributed by atoms with Crippen LogP contribution in [0.2, 0.25) is 0 Å². The fraction of sp³-hybridized carbons (Fsp3) is 0.500. The average molecular weight is 373 g/mol. The summed E-state index contributed by atoms with van der Waals surface area (Å²) >= 11 is 1.95. The van der Waals surface area contributed by atoms with Crippen LogP contribution in [0.3, 0.4) is 0 Å². The molecular weight excluding hydrogens is 342 g/mol. The molecular formula is C22H30NO2S. The van der Waals surface area contributed by atoms with Gasteiger partial charge in [-0.25, -0.2) is 0 Å². The normalized spacial score (nSPS) is 21.0. The van der Waals surface area contributed by atoms with Gasteiger partial charge in [-0.1, -0.05) is 62.6 Å². The number of thioether (sulfide) groups is 1. The first kappa shape index (κ1) is 20.8. The summed E-state index contributed by atoms with van der Waals surface area (Å²) in [6.07, 6.45) is 12.3. The first-order chi connectivity index (χ1) is 12.6. The van der Waals surface area contributed by atoms with Gasteiger partial charge in [-0.2, -0.15) is 0 Å². The summed E-state index contributed by atoms with van der Waals surface area (Å²) in [6, 6.07) is 10.5. The maximum Gasteiger partial charge on any atom is 0.222 e. The maximum absolute atomic E-state index is 11.5. The molecule has 0 aromatic heterocycles. The van der Waals surface area contributed by atoms with Crippen LogP contribution in [0, 0.1) is 18.3 Å². The van der Waals surface area contributed by atoms with Crippen LogP contribution >= 0.6 is 11.8 Å². The number of primary amides is 1. The Kier molecular flexibility index (Phi) is 8.96. The van der Waals surface area contributed by atoms with Crippen LogP contribution in [0.5, 0.6) is 0 Å². The molecule has 2 rings (SSSR count). The second-order valence-corrected chi connectivity index (χ2v) is 8.48. The Morgan fingerprint density at radius 3 is 2.69 bits per heavy atom. The quantitative estimate of drug-likeness (QED) is 0.452. The smallest absolute Gasteiger partial charge is 0.222 e. The fourth-order valence-electron chi connectivity index (χ4n) is 3.50. The molecule has 1 amide bonds. The molecule has 141 valence electrons. The highest BCUT2D eigenvalue weighted by molar-refractivity contribution is 8.03. The van der Waals surface area contributed by atoms with E-state index >= 15 is 0 Å². The standard InChI is InChI=1S/C22H30NO2S/c1-2-3-4-8-11-20-13-18(19(16-24)15-22(23)25)14-21(26-20)12-17-9-6-5-7-10-17/h5-7,9-10,13,15-16,18-19,21H,2-4,8,11-12,14H2,1H3,(H2,23,25). The zero-order chi connectivity index (χ0) is 18.8. The first-order valence-corrected chi connectivity index (χ1v) is 10.5. The van der Waals surface area contributed by atoms with Gasteiger partial charge in [-0.05, 0) is 42.1 Å². The van der Waals surface area contributed by atoms with E-state index in [1.165, 1.54) is 42.6 Å². The van der Waals surface area contributed by atoms with E-state index in [4.69, 9.17) is 5.73 Å². The molecule has 3 unspecified atom stereocenters. The number of carbonyl (C=O) groups excluding carboxylic acids is 2. The molecule has 26 heavy (non-hydrogen) atoms. The number of nitrogens with two attached hydrogens (primary N) is 1. The predicted molar refractivity (Wildman–Crippen MR) is 110 cm³/mol. The van der Waals surface area contributed by atoms with Crippen molar-refractivity contribution in [3.63, 3.8) is 0 Å². The van der Waals surface area contributed by atoms with E-state index in [0.29, 0.717) is 5.25 Å². The van der Waals surface area contributed by atoms with Crippen LogP contribution in [-0.4, -0.2) is 17.4 Å². The first-order valence-electron chi connectivity index (χ1n) is 9.63. The number of rotatable bonds is 11. The Bertz CT molecular complexity index is 599. The number of aldehydes is 1. The van der Waals surface area contributed by atoms with Crippen LogP contribution < -0.4 is 5.73 Å². The van der Waals surface area contributed by atoms with Crippen molar-refractivity contribution in [3.8, 4) is 0 Å². The number of hydrogen-bond donors (Lipinski definition) is 1. The van der Waals surface area contributed by atoms with E-state index in [2.05, 4.69) is 37.3 Å². The fourth-order valence-corrected chi connectivity index (χ4v) is 5.04. The van der Waals surface area contributed by atoms with E-state index < -0.39 is 11.8 Å². The molecule has 4 heteroatoms. The largest absolute Gasteiger partial charge is 0.369 e. The molecule has 0 fully saturated rings. The number of allylic oxidation sites excluding steroid dienone is 2. The van der Waals surface area contributed by atoms with Crippen LogP contribution in [0.15, 0.2) is 41.3 Å². The molecule has 1 aliphatic rings. The predicted octanol–water partition coefficient (Wildman–Crippen LogP) is 4.71. The minimum absolute atomic E-state index is 0.0659. The number of benzene rings is 1. The number of unbranched alkanes of at least 4 members (excludes halogenated alkanes) is 3. The molecule has 1 aromatic carbocycles. The Morgan fingerprint density at radius 2 is 2.04 bits per heavy atom. The highest BCUT2D eigenvalue weighted by atomic mass is 32.2. The Balaban J connectivity index is 2.07. The molecule has 0 saturated carbocycles. The molecule has 0 bridgehead atoms. The van der Waals surface area contributed by atoms with Crippen molar-refractivity contribution in [1.29, 1.82) is 0 Å². The van der Waals surface area contributed by atoms with E-state index in [0.717, 1.165) is 25.5 Å². The zero-order valence-corrected chi connectivity index (χ0v) is 16.4. The highest BCUT2D eigenvalue weighted by Crippen LogP contribution is 2.41. The lowest BCUT2D eigenvalue weighted by atomic mass is 9.84. The molecule has 1 aliphatic heterocycles. The van der Waals surface area contributed by atoms with E-state index in [1.54, 1.807) is 0 Å². The SMILES string of the molecule is CCCCCCC1=CC(C([CH]C(N)=O)C=O)CC(Cc2ccccc2)S1. The van der Waals surface area contributed by atoms with Gasteiger partial charge in [0, 0.05) is 11.2 Å². The minimum Gasteiger partial charge on any atom is -0.369 e. The van der Waals surface area contributed by atoms with Crippen LogP contribution in [0.4, 0.5) is 0 Å². The summed E-state index contributed by atoms with van der Waals surface area (Å²) in [7, 11) is 0. The Hall–Kier alpha value is -1.55. The third kappa shape index (κ3) is 6.99. The average Bonchev–Trinajstić information content (AvgIpc) is 2.64. The minimum atomic E-state index is -0.516. The van der Waals surface area contributed by atoms with Crippen molar-refractivity contribution in [2.75, 3.05) is 0 Å². The number of amides is 1. The van der Waals surface area contributed by atoms with Gasteiger partial charge in [0.05, 0.1) is 6.42 Å². The van der Waals surface area contributed by atoms with Crippen molar-refractivity contribution < 1.29 is 9.59 Å². The van der Waals surface area contributed by atoms with Gasteiger partial charge in [-0.15, -0.1) is 11.8 Å². The van der Waals surface area contributed by atoms with Crippen molar-refractivity contribution >= 4 is 24.0 Å². The molecule has 1 aromatic rings. The number of carbonyl (C=O) groups is 2. The molecule has 1 heterocycles. The third-order valence-corrected chi connectivity index (χ3v) is 6.18. The van der Waals surface area contributed by atoms with Crippen molar-refractivity contribution in [2.45, 2.75) is 57.1 Å². The molecule has 3 atom stereocenters. The second kappa shape index (κ2) is 11.2. The summed E-state index contributed by atoms with van der Waals surface area (Å²) in [4.78, 5) is 24.2. The monoisotopic (exact) mass is 372 g/mol. The van der Waals surface area contributed by atoms with Gasteiger partial charge in [0.2, 0.25) is 5.91 Å². The zero-order valence-electron chi connectivity index (χ0n) is 15.6.